The summed E-state index contributed by atoms with van der Waals surface area (Å²) >= 11 is 0. The molecule has 0 fully saturated rings. The number of hydrogen-bond donors (Lipinski definition) is 2. The fourth-order valence-corrected chi connectivity index (χ4v) is 2.06. The van der Waals surface area contributed by atoms with Gasteiger partial charge in [-0.2, -0.15) is 0 Å². The molecule has 0 heterocycles. The minimum absolute atomic E-state index is 0.124. The van der Waals surface area contributed by atoms with E-state index in [0.717, 1.165) is 6.07 Å². The van der Waals surface area contributed by atoms with Crippen molar-refractivity contribution in [2.45, 2.75) is 32.1 Å². The molecule has 0 aliphatic rings. The number of anilines is 1. The van der Waals surface area contributed by atoms with Gasteiger partial charge in [0, 0.05) is 11.3 Å². The van der Waals surface area contributed by atoms with Gasteiger partial charge < -0.3 is 4.74 Å². The number of ether oxygens (including phenoxy) is 1. The second-order valence-electron chi connectivity index (χ2n) is 5.24. The maximum atomic E-state index is 13.4. The van der Waals surface area contributed by atoms with E-state index in [9.17, 15) is 17.6 Å². The van der Waals surface area contributed by atoms with Crippen molar-refractivity contribution in [3.05, 3.63) is 29.6 Å². The van der Waals surface area contributed by atoms with Crippen LogP contribution in [0.3, 0.4) is 0 Å². The van der Waals surface area contributed by atoms with Crippen LogP contribution in [-0.2, 0) is 20.5 Å². The van der Waals surface area contributed by atoms with Gasteiger partial charge in [0.05, 0.1) is 5.75 Å². The minimum Gasteiger partial charge on any atom is -0.444 e. The number of primary sulfonamides is 1. The Hall–Kier alpha value is -1.67. The molecule has 0 bridgehead atoms. The van der Waals surface area contributed by atoms with Gasteiger partial charge in [-0.05, 0) is 39.0 Å². The summed E-state index contributed by atoms with van der Waals surface area (Å²) in [7, 11) is -3.86. The third kappa shape index (κ3) is 5.98. The van der Waals surface area contributed by atoms with E-state index in [1.165, 1.54) is 12.1 Å². The Labute approximate surface area is 117 Å². The van der Waals surface area contributed by atoms with Crippen LogP contribution in [0.1, 0.15) is 26.3 Å². The molecule has 20 heavy (non-hydrogen) atoms. The van der Waals surface area contributed by atoms with Crippen molar-refractivity contribution in [3.63, 3.8) is 0 Å². The number of benzene rings is 1. The Kier molecular flexibility index (Phi) is 4.72. The maximum absolute atomic E-state index is 13.4. The first-order valence-electron chi connectivity index (χ1n) is 5.75. The zero-order valence-electron chi connectivity index (χ0n) is 11.4. The average molecular weight is 304 g/mol. The Morgan fingerprint density at radius 3 is 2.50 bits per heavy atom. The van der Waals surface area contributed by atoms with Crippen molar-refractivity contribution >= 4 is 21.8 Å². The lowest BCUT2D eigenvalue weighted by Gasteiger charge is -2.19. The summed E-state index contributed by atoms with van der Waals surface area (Å²) in [6.45, 7) is 5.09. The minimum atomic E-state index is -3.86. The fourth-order valence-electron chi connectivity index (χ4n) is 1.40. The summed E-state index contributed by atoms with van der Waals surface area (Å²) in [6.07, 6.45) is -0.717. The van der Waals surface area contributed by atoms with Gasteiger partial charge >= 0.3 is 6.09 Å². The number of rotatable bonds is 3. The lowest BCUT2D eigenvalue weighted by atomic mass is 10.2. The predicted molar refractivity (Wildman–Crippen MR) is 73.1 cm³/mol. The third-order valence-electron chi connectivity index (χ3n) is 2.05. The van der Waals surface area contributed by atoms with Gasteiger partial charge in [0.25, 0.3) is 0 Å². The highest BCUT2D eigenvalue weighted by Gasteiger charge is 2.17. The molecule has 1 rings (SSSR count). The lowest BCUT2D eigenvalue weighted by molar-refractivity contribution is 0.0636. The number of nitrogens with two attached hydrogens (primary N) is 1. The number of carbonyl (C=O) groups is 1. The van der Waals surface area contributed by atoms with Gasteiger partial charge in [0.1, 0.15) is 11.4 Å². The molecule has 0 atom stereocenters. The summed E-state index contributed by atoms with van der Waals surface area (Å²) in [5.41, 5.74) is -0.576. The molecule has 1 amide bonds. The van der Waals surface area contributed by atoms with E-state index in [2.05, 4.69) is 5.32 Å². The molecule has 1 aromatic rings. The molecule has 1 aromatic carbocycles. The molecule has 8 heteroatoms. The smallest absolute Gasteiger partial charge is 0.412 e. The quantitative estimate of drug-likeness (QED) is 0.891. The summed E-state index contributed by atoms with van der Waals surface area (Å²) in [5, 5.41) is 7.25. The summed E-state index contributed by atoms with van der Waals surface area (Å²) < 4.78 is 40.4. The molecule has 0 radical (unpaired) electrons. The van der Waals surface area contributed by atoms with Gasteiger partial charge in [-0.25, -0.2) is 22.7 Å². The molecule has 0 aliphatic carbocycles. The molecule has 6 nitrogen and oxygen atoms in total. The summed E-state index contributed by atoms with van der Waals surface area (Å²) in [4.78, 5) is 11.5. The van der Waals surface area contributed by atoms with Crippen molar-refractivity contribution in [3.8, 4) is 0 Å². The van der Waals surface area contributed by atoms with E-state index in [1.54, 1.807) is 20.8 Å². The Bertz CT molecular complexity index is 608. The van der Waals surface area contributed by atoms with Crippen molar-refractivity contribution in [1.29, 1.82) is 0 Å². The van der Waals surface area contributed by atoms with E-state index < -0.39 is 33.3 Å². The fraction of sp³-hybridized carbons (Fsp3) is 0.417. The van der Waals surface area contributed by atoms with E-state index in [4.69, 9.17) is 9.88 Å². The van der Waals surface area contributed by atoms with E-state index in [-0.39, 0.29) is 11.3 Å². The van der Waals surface area contributed by atoms with Crippen LogP contribution in [-0.4, -0.2) is 20.1 Å². The van der Waals surface area contributed by atoms with Crippen molar-refractivity contribution in [1.82, 2.24) is 0 Å². The van der Waals surface area contributed by atoms with E-state index >= 15 is 0 Å². The average Bonchev–Trinajstić information content (AvgIpc) is 2.18. The van der Waals surface area contributed by atoms with Crippen molar-refractivity contribution in [2.24, 2.45) is 5.14 Å². The molecule has 0 saturated carbocycles. The standard InChI is InChI=1S/C12H17FN2O4S/c1-12(2,3)19-11(16)15-9-4-5-10(13)8(6-9)7-20(14,17)18/h4-6H,7H2,1-3H3,(H,15,16)(H2,14,17,18). The van der Waals surface area contributed by atoms with Gasteiger partial charge in [-0.3, -0.25) is 5.32 Å². The Morgan fingerprint density at radius 2 is 2.00 bits per heavy atom. The number of sulfonamides is 1. The molecule has 0 unspecified atom stereocenters. The highest BCUT2D eigenvalue weighted by Crippen LogP contribution is 2.17. The monoisotopic (exact) mass is 304 g/mol. The Morgan fingerprint density at radius 1 is 1.40 bits per heavy atom. The topological polar surface area (TPSA) is 98.5 Å². The van der Waals surface area contributed by atoms with E-state index in [1.807, 2.05) is 0 Å². The van der Waals surface area contributed by atoms with Crippen LogP contribution in [0, 0.1) is 5.82 Å². The predicted octanol–water partition coefficient (Wildman–Crippen LogP) is 1.96. The maximum Gasteiger partial charge on any atom is 0.412 e. The number of nitrogens with one attached hydrogen (secondary N) is 1. The van der Waals surface area contributed by atoms with Crippen molar-refractivity contribution in [2.75, 3.05) is 5.32 Å². The molecule has 0 saturated heterocycles. The molecule has 0 spiro atoms. The van der Waals surface area contributed by atoms with Crippen LogP contribution in [0.15, 0.2) is 18.2 Å². The molecular weight excluding hydrogens is 287 g/mol. The molecular formula is C12H17FN2O4S. The van der Waals surface area contributed by atoms with Gasteiger partial charge in [-0.15, -0.1) is 0 Å². The number of carbonyl (C=O) groups excluding carboxylic acids is 1. The highest BCUT2D eigenvalue weighted by molar-refractivity contribution is 7.88. The lowest BCUT2D eigenvalue weighted by Crippen LogP contribution is -2.27. The molecule has 3 N–H and O–H groups in total. The Balaban J connectivity index is 2.88. The van der Waals surface area contributed by atoms with Crippen LogP contribution >= 0.6 is 0 Å². The highest BCUT2D eigenvalue weighted by atomic mass is 32.2. The van der Waals surface area contributed by atoms with Crippen LogP contribution < -0.4 is 10.5 Å². The second-order valence-corrected chi connectivity index (χ2v) is 6.85. The summed E-state index contributed by atoms with van der Waals surface area (Å²) in [6, 6.07) is 3.54. The molecule has 0 aliphatic heterocycles. The number of hydrogen-bond acceptors (Lipinski definition) is 4. The summed E-state index contributed by atoms with van der Waals surface area (Å²) in [5.74, 6) is -1.36. The largest absolute Gasteiger partial charge is 0.444 e. The van der Waals surface area contributed by atoms with Gasteiger partial charge in [0.2, 0.25) is 10.0 Å². The van der Waals surface area contributed by atoms with Gasteiger partial charge in [0.15, 0.2) is 0 Å². The van der Waals surface area contributed by atoms with Gasteiger partial charge in [-0.1, -0.05) is 0 Å². The number of halogens is 1. The van der Waals surface area contributed by atoms with Crippen LogP contribution in [0.4, 0.5) is 14.9 Å². The van der Waals surface area contributed by atoms with Crippen molar-refractivity contribution < 1.29 is 22.3 Å². The first kappa shape index (κ1) is 16.4. The van der Waals surface area contributed by atoms with Crippen LogP contribution in [0.2, 0.25) is 0 Å². The molecule has 0 aromatic heterocycles. The zero-order valence-corrected chi connectivity index (χ0v) is 12.3. The normalized spacial score (nSPS) is 12.1. The third-order valence-corrected chi connectivity index (χ3v) is 2.76. The first-order chi connectivity index (χ1) is 8.96. The first-order valence-corrected chi connectivity index (χ1v) is 7.47. The number of amides is 1. The second kappa shape index (κ2) is 5.76. The van der Waals surface area contributed by atoms with Crippen LogP contribution in [0.5, 0.6) is 0 Å². The van der Waals surface area contributed by atoms with Crippen LogP contribution in [0.25, 0.3) is 0 Å². The van der Waals surface area contributed by atoms with E-state index in [0.29, 0.717) is 0 Å². The molecule has 112 valence electrons. The SMILES string of the molecule is CC(C)(C)OC(=O)Nc1ccc(F)c(CS(N)(=O)=O)c1. The zero-order chi connectivity index (χ0) is 15.6.